The molecule has 0 radical (unpaired) electrons. The van der Waals surface area contributed by atoms with Crippen LogP contribution in [-0.2, 0) is 14.9 Å². The van der Waals surface area contributed by atoms with Crippen LogP contribution in [0, 0.1) is 18.8 Å². The maximum atomic E-state index is 12.9. The second-order valence-electron chi connectivity index (χ2n) is 9.51. The van der Waals surface area contributed by atoms with E-state index in [0.29, 0.717) is 0 Å². The number of ketones is 1. The van der Waals surface area contributed by atoms with Crippen molar-refractivity contribution < 1.29 is 14.3 Å². The van der Waals surface area contributed by atoms with Crippen LogP contribution in [0.1, 0.15) is 64.2 Å². The first-order chi connectivity index (χ1) is 13.1. The number of allylic oxidation sites excluding steroid dienone is 2. The summed E-state index contributed by atoms with van der Waals surface area (Å²) in [7, 11) is 1.73. The summed E-state index contributed by atoms with van der Waals surface area (Å²) in [4.78, 5) is 12.9. The molecule has 1 aliphatic heterocycles. The summed E-state index contributed by atoms with van der Waals surface area (Å²) in [6.45, 7) is 12.7. The molecule has 3 aliphatic rings. The molecule has 1 saturated heterocycles. The van der Waals surface area contributed by atoms with E-state index in [1.165, 1.54) is 27.8 Å². The number of rotatable bonds is 3. The number of carbonyl (C=O) groups is 1. The van der Waals surface area contributed by atoms with Gasteiger partial charge in [-0.1, -0.05) is 44.6 Å². The number of benzene rings is 1. The first kappa shape index (κ1) is 19.4. The van der Waals surface area contributed by atoms with E-state index in [1.807, 2.05) is 20.8 Å². The average Bonchev–Trinajstić information content (AvgIpc) is 3.11. The number of ether oxygens (including phenoxy) is 2. The Morgan fingerprint density at radius 2 is 1.93 bits per heavy atom. The molecule has 1 fully saturated rings. The lowest BCUT2D eigenvalue weighted by molar-refractivity contribution is -0.126. The number of carbonyl (C=O) groups excluding carboxylic acids is 1. The smallest absolute Gasteiger partial charge is 0.167 e. The third-order valence-corrected chi connectivity index (χ3v) is 7.72. The molecule has 4 unspecified atom stereocenters. The van der Waals surface area contributed by atoms with Crippen molar-refractivity contribution in [1.82, 2.24) is 0 Å². The van der Waals surface area contributed by atoms with Gasteiger partial charge in [0.25, 0.3) is 0 Å². The van der Waals surface area contributed by atoms with Gasteiger partial charge in [0.1, 0.15) is 11.9 Å². The Kier molecular flexibility index (Phi) is 4.39. The topological polar surface area (TPSA) is 35.5 Å². The van der Waals surface area contributed by atoms with E-state index in [1.54, 1.807) is 7.11 Å². The maximum Gasteiger partial charge on any atom is 0.167 e. The summed E-state index contributed by atoms with van der Waals surface area (Å²) in [5.41, 5.74) is 6.23. The van der Waals surface area contributed by atoms with E-state index in [-0.39, 0.29) is 34.7 Å². The van der Waals surface area contributed by atoms with Crippen LogP contribution in [0.2, 0.25) is 0 Å². The minimum Gasteiger partial charge on any atom is -0.496 e. The van der Waals surface area contributed by atoms with Crippen molar-refractivity contribution in [2.45, 2.75) is 71.5 Å². The Labute approximate surface area is 168 Å². The Morgan fingerprint density at radius 3 is 2.54 bits per heavy atom. The van der Waals surface area contributed by atoms with Crippen LogP contribution in [0.25, 0.3) is 6.08 Å². The molecule has 4 rings (SSSR count). The SMILES string of the molecule is COc1ccc2c(c1C)C=CC1=C(C(C)C3OC(C)(C)C(C)C3=O)CCC12C. The molecule has 0 bridgehead atoms. The van der Waals surface area contributed by atoms with E-state index in [2.05, 4.69) is 45.1 Å². The zero-order chi connectivity index (χ0) is 20.4. The van der Waals surface area contributed by atoms with Crippen LogP contribution in [0.4, 0.5) is 0 Å². The van der Waals surface area contributed by atoms with Crippen molar-refractivity contribution in [3.63, 3.8) is 0 Å². The highest BCUT2D eigenvalue weighted by atomic mass is 16.5. The number of fused-ring (bicyclic) bond motifs is 3. The van der Waals surface area contributed by atoms with Crippen molar-refractivity contribution >= 4 is 11.9 Å². The highest BCUT2D eigenvalue weighted by Gasteiger charge is 2.50. The van der Waals surface area contributed by atoms with Crippen LogP contribution in [0.3, 0.4) is 0 Å². The quantitative estimate of drug-likeness (QED) is 0.704. The van der Waals surface area contributed by atoms with Crippen molar-refractivity contribution in [1.29, 1.82) is 0 Å². The fourth-order valence-corrected chi connectivity index (χ4v) is 5.45. The Bertz CT molecular complexity index is 905. The Hall–Kier alpha value is -1.87. The molecule has 0 spiro atoms. The van der Waals surface area contributed by atoms with Crippen molar-refractivity contribution in [2.75, 3.05) is 7.11 Å². The summed E-state index contributed by atoms with van der Waals surface area (Å²) in [5.74, 6) is 1.24. The fraction of sp³-hybridized carbons (Fsp3) is 0.560. The van der Waals surface area contributed by atoms with E-state index in [0.717, 1.165) is 18.6 Å². The van der Waals surface area contributed by atoms with Crippen LogP contribution in [0.15, 0.2) is 29.4 Å². The van der Waals surface area contributed by atoms with Gasteiger partial charge in [-0.2, -0.15) is 0 Å². The van der Waals surface area contributed by atoms with Gasteiger partial charge in [-0.15, -0.1) is 0 Å². The monoisotopic (exact) mass is 380 g/mol. The lowest BCUT2D eigenvalue weighted by Crippen LogP contribution is -2.29. The maximum absolute atomic E-state index is 12.9. The number of hydrogen-bond donors (Lipinski definition) is 0. The van der Waals surface area contributed by atoms with Gasteiger partial charge in [0.2, 0.25) is 0 Å². The third kappa shape index (κ3) is 2.55. The van der Waals surface area contributed by atoms with Gasteiger partial charge >= 0.3 is 0 Å². The molecule has 0 saturated carbocycles. The van der Waals surface area contributed by atoms with Gasteiger partial charge in [-0.3, -0.25) is 4.79 Å². The van der Waals surface area contributed by atoms with E-state index < -0.39 is 0 Å². The standard InChI is InChI=1S/C25H32O3/c1-14-17-8-9-19-18(15(2)23-22(26)16(3)24(4,5)28-23)12-13-25(19,6)20(17)10-11-21(14)27-7/h8-11,15-16,23H,12-13H2,1-7H3. The Balaban J connectivity index is 1.75. The lowest BCUT2D eigenvalue weighted by atomic mass is 9.70. The third-order valence-electron chi connectivity index (χ3n) is 7.72. The van der Waals surface area contributed by atoms with Gasteiger partial charge < -0.3 is 9.47 Å². The predicted octanol–water partition coefficient (Wildman–Crippen LogP) is 5.40. The van der Waals surface area contributed by atoms with Gasteiger partial charge in [-0.25, -0.2) is 0 Å². The largest absolute Gasteiger partial charge is 0.496 e. The van der Waals surface area contributed by atoms with E-state index in [9.17, 15) is 4.79 Å². The molecule has 150 valence electrons. The van der Waals surface area contributed by atoms with E-state index >= 15 is 0 Å². The predicted molar refractivity (Wildman–Crippen MR) is 113 cm³/mol. The van der Waals surface area contributed by atoms with E-state index in [4.69, 9.17) is 9.47 Å². The molecular weight excluding hydrogens is 348 g/mol. The molecule has 4 atom stereocenters. The highest BCUT2D eigenvalue weighted by Crippen LogP contribution is 2.53. The van der Waals surface area contributed by atoms with Crippen LogP contribution < -0.4 is 4.74 Å². The van der Waals surface area contributed by atoms with Crippen LogP contribution in [-0.4, -0.2) is 24.6 Å². The van der Waals surface area contributed by atoms with Crippen molar-refractivity contribution in [3.8, 4) is 5.75 Å². The minimum absolute atomic E-state index is 0.00645. The fourth-order valence-electron chi connectivity index (χ4n) is 5.45. The van der Waals surface area contributed by atoms with Crippen LogP contribution >= 0.6 is 0 Å². The summed E-state index contributed by atoms with van der Waals surface area (Å²) >= 11 is 0. The highest BCUT2D eigenvalue weighted by molar-refractivity contribution is 5.89. The zero-order valence-corrected chi connectivity index (χ0v) is 18.2. The van der Waals surface area contributed by atoms with Gasteiger partial charge in [-0.05, 0) is 61.9 Å². The molecule has 3 heteroatoms. The first-order valence-corrected chi connectivity index (χ1v) is 10.4. The average molecular weight is 381 g/mol. The lowest BCUT2D eigenvalue weighted by Gasteiger charge is -2.34. The number of Topliss-reactive ketones (excluding diaryl/α,β-unsaturated/α-hetero) is 1. The molecular formula is C25H32O3. The van der Waals surface area contributed by atoms with Gasteiger partial charge in [0.15, 0.2) is 5.78 Å². The summed E-state index contributed by atoms with van der Waals surface area (Å²) in [6, 6.07) is 4.31. The summed E-state index contributed by atoms with van der Waals surface area (Å²) in [6.07, 6.45) is 6.27. The Morgan fingerprint density at radius 1 is 1.21 bits per heavy atom. The second-order valence-corrected chi connectivity index (χ2v) is 9.51. The summed E-state index contributed by atoms with van der Waals surface area (Å²) < 4.78 is 11.8. The molecule has 1 aromatic rings. The number of hydrogen-bond acceptors (Lipinski definition) is 3. The van der Waals surface area contributed by atoms with Crippen molar-refractivity contribution in [3.05, 3.63) is 46.0 Å². The molecule has 1 heterocycles. The van der Waals surface area contributed by atoms with Crippen LogP contribution in [0.5, 0.6) is 5.75 Å². The molecule has 0 amide bonds. The summed E-state index contributed by atoms with van der Waals surface area (Å²) in [5, 5.41) is 0. The zero-order valence-electron chi connectivity index (χ0n) is 18.2. The molecule has 1 aromatic carbocycles. The van der Waals surface area contributed by atoms with Gasteiger partial charge in [0.05, 0.1) is 12.7 Å². The second kappa shape index (κ2) is 6.32. The molecule has 3 nitrogen and oxygen atoms in total. The van der Waals surface area contributed by atoms with Crippen molar-refractivity contribution in [2.24, 2.45) is 11.8 Å². The molecule has 28 heavy (non-hydrogen) atoms. The molecule has 2 aliphatic carbocycles. The van der Waals surface area contributed by atoms with Gasteiger partial charge in [0, 0.05) is 17.3 Å². The molecule has 0 aromatic heterocycles. The first-order valence-electron chi connectivity index (χ1n) is 10.4. The minimum atomic E-state index is -0.383. The number of methoxy groups -OCH3 is 1. The normalized spacial score (nSPS) is 31.8. The molecule has 0 N–H and O–H groups in total.